The topological polar surface area (TPSA) is 29.5 Å². The Morgan fingerprint density at radius 1 is 1.39 bits per heavy atom. The van der Waals surface area contributed by atoms with Gasteiger partial charge in [-0.3, -0.25) is 4.79 Å². The highest BCUT2D eigenvalue weighted by molar-refractivity contribution is 6.35. The predicted octanol–water partition coefficient (Wildman–Crippen LogP) is 3.11. The Morgan fingerprint density at radius 2 is 2.00 bits per heavy atom. The second-order valence-electron chi connectivity index (χ2n) is 4.39. The molecule has 0 bridgehead atoms. The molecule has 0 aliphatic heterocycles. The van der Waals surface area contributed by atoms with Crippen LogP contribution >= 0.6 is 23.2 Å². The normalized spacial score (nSPS) is 14.3. The lowest BCUT2D eigenvalue weighted by Gasteiger charge is -2.19. The standard InChI is InChI=1S/C13H17Cl2NO2/c1-9(8-16(2)3)18-13(17)12(15)10-6-4-5-7-11(10)14/h4-7,9,12H,8H2,1-3H3/t9-,12+/m1/s1. The Labute approximate surface area is 118 Å². The van der Waals surface area contributed by atoms with E-state index in [-0.39, 0.29) is 6.10 Å². The first kappa shape index (κ1) is 15.3. The number of esters is 1. The van der Waals surface area contributed by atoms with Gasteiger partial charge in [0.15, 0.2) is 5.38 Å². The monoisotopic (exact) mass is 289 g/mol. The van der Waals surface area contributed by atoms with Crippen molar-refractivity contribution in [2.45, 2.75) is 18.4 Å². The molecule has 18 heavy (non-hydrogen) atoms. The van der Waals surface area contributed by atoms with Gasteiger partial charge in [0.2, 0.25) is 0 Å². The second kappa shape index (κ2) is 6.98. The van der Waals surface area contributed by atoms with Crippen LogP contribution in [0.5, 0.6) is 0 Å². The molecule has 0 saturated heterocycles. The molecule has 0 heterocycles. The third-order valence-corrected chi connectivity index (χ3v) is 3.08. The minimum Gasteiger partial charge on any atom is -0.460 e. The van der Waals surface area contributed by atoms with Gasteiger partial charge in [-0.2, -0.15) is 0 Å². The van der Waals surface area contributed by atoms with Gasteiger partial charge >= 0.3 is 5.97 Å². The fraction of sp³-hybridized carbons (Fsp3) is 0.462. The highest BCUT2D eigenvalue weighted by atomic mass is 35.5. The highest BCUT2D eigenvalue weighted by Crippen LogP contribution is 2.28. The number of ether oxygens (including phenoxy) is 1. The molecule has 0 saturated carbocycles. The van der Waals surface area contributed by atoms with E-state index in [9.17, 15) is 4.79 Å². The minimum absolute atomic E-state index is 0.212. The van der Waals surface area contributed by atoms with Crippen LogP contribution in [-0.2, 0) is 9.53 Å². The summed E-state index contributed by atoms with van der Waals surface area (Å²) in [5.41, 5.74) is 0.572. The average Bonchev–Trinajstić information content (AvgIpc) is 2.27. The Morgan fingerprint density at radius 3 is 2.56 bits per heavy atom. The van der Waals surface area contributed by atoms with Crippen molar-refractivity contribution in [1.82, 2.24) is 4.90 Å². The zero-order valence-corrected chi connectivity index (χ0v) is 12.2. The van der Waals surface area contributed by atoms with Crippen LogP contribution in [0.3, 0.4) is 0 Å². The van der Waals surface area contributed by atoms with E-state index in [2.05, 4.69) is 0 Å². The van der Waals surface area contributed by atoms with Gasteiger partial charge in [0.05, 0.1) is 0 Å². The van der Waals surface area contributed by atoms with Crippen molar-refractivity contribution < 1.29 is 9.53 Å². The maximum absolute atomic E-state index is 11.9. The van der Waals surface area contributed by atoms with Gasteiger partial charge in [-0.15, -0.1) is 11.6 Å². The SMILES string of the molecule is C[C@H](CN(C)C)OC(=O)[C@@H](Cl)c1ccccc1Cl. The van der Waals surface area contributed by atoms with Crippen LogP contribution in [0.4, 0.5) is 0 Å². The van der Waals surface area contributed by atoms with Gasteiger partial charge in [0.25, 0.3) is 0 Å². The van der Waals surface area contributed by atoms with E-state index in [1.54, 1.807) is 24.3 Å². The molecule has 0 aromatic heterocycles. The molecule has 0 aliphatic carbocycles. The van der Waals surface area contributed by atoms with Crippen molar-refractivity contribution in [2.75, 3.05) is 20.6 Å². The number of likely N-dealkylation sites (N-methyl/N-ethyl adjacent to an activating group) is 1. The van der Waals surface area contributed by atoms with Crippen molar-refractivity contribution in [3.63, 3.8) is 0 Å². The first-order valence-corrected chi connectivity index (χ1v) is 6.47. The largest absolute Gasteiger partial charge is 0.460 e. The third kappa shape index (κ3) is 4.48. The van der Waals surface area contributed by atoms with Gasteiger partial charge < -0.3 is 9.64 Å². The van der Waals surface area contributed by atoms with Gasteiger partial charge in [-0.1, -0.05) is 29.8 Å². The van der Waals surface area contributed by atoms with E-state index in [1.807, 2.05) is 25.9 Å². The van der Waals surface area contributed by atoms with Crippen LogP contribution in [-0.4, -0.2) is 37.6 Å². The van der Waals surface area contributed by atoms with Crippen molar-refractivity contribution in [1.29, 1.82) is 0 Å². The van der Waals surface area contributed by atoms with Crippen LogP contribution in [0, 0.1) is 0 Å². The molecule has 1 aromatic carbocycles. The number of nitrogens with zero attached hydrogens (tertiary/aromatic N) is 1. The molecule has 1 rings (SSSR count). The summed E-state index contributed by atoms with van der Waals surface area (Å²) < 4.78 is 5.26. The molecule has 1 aromatic rings. The molecule has 0 unspecified atom stereocenters. The van der Waals surface area contributed by atoms with Crippen molar-refractivity contribution >= 4 is 29.2 Å². The lowest BCUT2D eigenvalue weighted by Crippen LogP contribution is -2.29. The van der Waals surface area contributed by atoms with Crippen LogP contribution < -0.4 is 0 Å². The van der Waals surface area contributed by atoms with Gasteiger partial charge in [-0.25, -0.2) is 0 Å². The maximum atomic E-state index is 11.9. The van der Waals surface area contributed by atoms with Gasteiger partial charge in [0, 0.05) is 11.6 Å². The molecule has 0 amide bonds. The number of rotatable bonds is 5. The van der Waals surface area contributed by atoms with Crippen molar-refractivity contribution in [3.05, 3.63) is 34.9 Å². The zero-order valence-electron chi connectivity index (χ0n) is 10.7. The van der Waals surface area contributed by atoms with E-state index < -0.39 is 11.3 Å². The zero-order chi connectivity index (χ0) is 13.7. The number of carbonyl (C=O) groups excluding carboxylic acids is 1. The van der Waals surface area contributed by atoms with E-state index in [4.69, 9.17) is 27.9 Å². The summed E-state index contributed by atoms with van der Waals surface area (Å²) in [4.78, 5) is 13.8. The van der Waals surface area contributed by atoms with E-state index >= 15 is 0 Å². The molecule has 0 spiro atoms. The Balaban J connectivity index is 2.65. The summed E-state index contributed by atoms with van der Waals surface area (Å²) in [6.45, 7) is 2.48. The Hall–Kier alpha value is -0.770. The van der Waals surface area contributed by atoms with E-state index in [1.165, 1.54) is 0 Å². The summed E-state index contributed by atoms with van der Waals surface area (Å²) in [5, 5.41) is -0.405. The molecule has 0 fully saturated rings. The van der Waals surface area contributed by atoms with Gasteiger partial charge in [0.1, 0.15) is 6.10 Å². The lowest BCUT2D eigenvalue weighted by molar-refractivity contribution is -0.148. The predicted molar refractivity (Wildman–Crippen MR) is 74.2 cm³/mol. The number of halogens is 2. The smallest absolute Gasteiger partial charge is 0.329 e. The lowest BCUT2D eigenvalue weighted by atomic mass is 10.1. The number of hydrogen-bond acceptors (Lipinski definition) is 3. The molecular weight excluding hydrogens is 273 g/mol. The first-order chi connectivity index (χ1) is 8.41. The molecule has 5 heteroatoms. The van der Waals surface area contributed by atoms with Crippen LogP contribution in [0.2, 0.25) is 5.02 Å². The number of benzene rings is 1. The average molecular weight is 290 g/mol. The molecule has 0 aliphatic rings. The number of carbonyl (C=O) groups is 1. The van der Waals surface area contributed by atoms with E-state index in [0.29, 0.717) is 17.1 Å². The van der Waals surface area contributed by atoms with Crippen LogP contribution in [0.15, 0.2) is 24.3 Å². The number of hydrogen-bond donors (Lipinski definition) is 0. The Kier molecular flexibility index (Phi) is 5.93. The molecule has 100 valence electrons. The summed E-state index contributed by atoms with van der Waals surface area (Å²) in [6, 6.07) is 6.99. The highest BCUT2D eigenvalue weighted by Gasteiger charge is 2.23. The third-order valence-electron chi connectivity index (χ3n) is 2.32. The quantitative estimate of drug-likeness (QED) is 0.616. The summed E-state index contributed by atoms with van der Waals surface area (Å²) >= 11 is 12.1. The van der Waals surface area contributed by atoms with E-state index in [0.717, 1.165) is 0 Å². The van der Waals surface area contributed by atoms with Crippen LogP contribution in [0.1, 0.15) is 17.9 Å². The maximum Gasteiger partial charge on any atom is 0.329 e. The number of alkyl halides is 1. The van der Waals surface area contributed by atoms with Gasteiger partial charge in [-0.05, 0) is 32.6 Å². The fourth-order valence-corrected chi connectivity index (χ4v) is 2.16. The summed E-state index contributed by atoms with van der Waals surface area (Å²) in [7, 11) is 3.83. The molecule has 0 N–H and O–H groups in total. The van der Waals surface area contributed by atoms with Crippen molar-refractivity contribution in [3.8, 4) is 0 Å². The second-order valence-corrected chi connectivity index (χ2v) is 5.24. The summed E-state index contributed by atoms with van der Waals surface area (Å²) in [5.74, 6) is -0.473. The molecule has 3 nitrogen and oxygen atoms in total. The van der Waals surface area contributed by atoms with Crippen LogP contribution in [0.25, 0.3) is 0 Å². The Bertz CT molecular complexity index is 410. The molecule has 2 atom stereocenters. The fourth-order valence-electron chi connectivity index (χ4n) is 1.62. The van der Waals surface area contributed by atoms with Crippen molar-refractivity contribution in [2.24, 2.45) is 0 Å². The minimum atomic E-state index is -0.872. The molecule has 0 radical (unpaired) electrons. The molecular formula is C13H17Cl2NO2. The summed E-state index contributed by atoms with van der Waals surface area (Å²) in [6.07, 6.45) is -0.212. The first-order valence-electron chi connectivity index (χ1n) is 5.65.